The molecule has 3 heterocycles. The van der Waals surface area contributed by atoms with Gasteiger partial charge in [0.15, 0.2) is 0 Å². The molecule has 1 aromatic rings. The predicted molar refractivity (Wildman–Crippen MR) is 61.0 cm³/mol. The average molecular weight is 203 g/mol. The Kier molecular flexibility index (Phi) is 2.13. The van der Waals surface area contributed by atoms with Crippen LogP contribution < -0.4 is 10.2 Å². The molecule has 2 saturated heterocycles. The van der Waals surface area contributed by atoms with Crippen LogP contribution in [0.15, 0.2) is 18.3 Å². The zero-order chi connectivity index (χ0) is 10.3. The lowest BCUT2D eigenvalue weighted by Gasteiger charge is -2.20. The van der Waals surface area contributed by atoms with E-state index >= 15 is 0 Å². The number of aromatic nitrogens is 1. The first-order valence-electron chi connectivity index (χ1n) is 5.72. The Morgan fingerprint density at radius 2 is 2.07 bits per heavy atom. The fourth-order valence-corrected chi connectivity index (χ4v) is 2.84. The summed E-state index contributed by atoms with van der Waals surface area (Å²) in [5.41, 5.74) is 1.30. The first-order valence-corrected chi connectivity index (χ1v) is 5.72. The minimum Gasteiger partial charge on any atom is -0.356 e. The highest BCUT2D eigenvalue weighted by Crippen LogP contribution is 2.30. The molecule has 0 saturated carbocycles. The van der Waals surface area contributed by atoms with Crippen molar-refractivity contribution in [2.24, 2.45) is 11.8 Å². The standard InChI is InChI=1S/C12H17N3/c1-9-3-2-4-14-12(9)15-7-10-5-13-6-11(10)8-15/h2-4,10-11,13H,5-8H2,1H3/t10-,11+. The quantitative estimate of drug-likeness (QED) is 0.739. The molecule has 3 rings (SSSR count). The van der Waals surface area contributed by atoms with Crippen LogP contribution in [0.3, 0.4) is 0 Å². The van der Waals surface area contributed by atoms with Crippen LogP contribution in [0.25, 0.3) is 0 Å². The minimum absolute atomic E-state index is 0.839. The van der Waals surface area contributed by atoms with E-state index in [1.807, 2.05) is 12.3 Å². The molecule has 3 nitrogen and oxygen atoms in total. The SMILES string of the molecule is Cc1cccnc1N1C[C@H]2CNC[C@H]2C1. The van der Waals surface area contributed by atoms with Gasteiger partial charge >= 0.3 is 0 Å². The summed E-state index contributed by atoms with van der Waals surface area (Å²) in [6.45, 7) is 6.87. The molecule has 3 heteroatoms. The second-order valence-electron chi connectivity index (χ2n) is 4.73. The van der Waals surface area contributed by atoms with Crippen LogP contribution >= 0.6 is 0 Å². The lowest BCUT2D eigenvalue weighted by Crippen LogP contribution is -2.26. The molecule has 2 fully saturated rings. The fraction of sp³-hybridized carbons (Fsp3) is 0.583. The highest BCUT2D eigenvalue weighted by Gasteiger charge is 2.36. The van der Waals surface area contributed by atoms with Crippen molar-refractivity contribution >= 4 is 5.82 Å². The smallest absolute Gasteiger partial charge is 0.131 e. The van der Waals surface area contributed by atoms with Crippen molar-refractivity contribution < 1.29 is 0 Å². The van der Waals surface area contributed by atoms with Gasteiger partial charge in [0.2, 0.25) is 0 Å². The molecule has 0 bridgehead atoms. The highest BCUT2D eigenvalue weighted by atomic mass is 15.2. The molecule has 1 aromatic heterocycles. The first kappa shape index (κ1) is 9.16. The lowest BCUT2D eigenvalue weighted by atomic mass is 10.0. The molecular weight excluding hydrogens is 186 g/mol. The Hall–Kier alpha value is -1.09. The molecule has 15 heavy (non-hydrogen) atoms. The van der Waals surface area contributed by atoms with Crippen LogP contribution in [0, 0.1) is 18.8 Å². The fourth-order valence-electron chi connectivity index (χ4n) is 2.84. The maximum Gasteiger partial charge on any atom is 0.131 e. The average Bonchev–Trinajstić information content (AvgIpc) is 2.77. The van der Waals surface area contributed by atoms with Crippen molar-refractivity contribution in [1.29, 1.82) is 0 Å². The third kappa shape index (κ3) is 1.51. The van der Waals surface area contributed by atoms with Crippen LogP contribution in [0.2, 0.25) is 0 Å². The molecule has 2 aliphatic rings. The van der Waals surface area contributed by atoms with Crippen molar-refractivity contribution in [1.82, 2.24) is 10.3 Å². The zero-order valence-electron chi connectivity index (χ0n) is 9.11. The van der Waals surface area contributed by atoms with Gasteiger partial charge in [-0.1, -0.05) is 6.07 Å². The van der Waals surface area contributed by atoms with Crippen LogP contribution in [-0.4, -0.2) is 31.2 Å². The van der Waals surface area contributed by atoms with Crippen LogP contribution in [0.4, 0.5) is 5.82 Å². The van der Waals surface area contributed by atoms with E-state index in [0.29, 0.717) is 0 Å². The van der Waals surface area contributed by atoms with Gasteiger partial charge in [-0.2, -0.15) is 0 Å². The maximum atomic E-state index is 4.49. The van der Waals surface area contributed by atoms with E-state index in [2.05, 4.69) is 28.2 Å². The Morgan fingerprint density at radius 3 is 2.73 bits per heavy atom. The Morgan fingerprint density at radius 1 is 1.33 bits per heavy atom. The number of aryl methyl sites for hydroxylation is 1. The summed E-state index contributed by atoms with van der Waals surface area (Å²) >= 11 is 0. The van der Waals surface area contributed by atoms with Crippen molar-refractivity contribution in [3.05, 3.63) is 23.9 Å². The van der Waals surface area contributed by atoms with Gasteiger partial charge in [-0.25, -0.2) is 4.98 Å². The number of rotatable bonds is 1. The van der Waals surface area contributed by atoms with Gasteiger partial charge in [0.25, 0.3) is 0 Å². The van der Waals surface area contributed by atoms with Crippen molar-refractivity contribution in [3.63, 3.8) is 0 Å². The monoisotopic (exact) mass is 203 g/mol. The van der Waals surface area contributed by atoms with E-state index in [-0.39, 0.29) is 0 Å². The molecule has 1 N–H and O–H groups in total. The van der Waals surface area contributed by atoms with Gasteiger partial charge in [0, 0.05) is 32.4 Å². The maximum absolute atomic E-state index is 4.49. The number of nitrogens with zero attached hydrogens (tertiary/aromatic N) is 2. The van der Waals surface area contributed by atoms with Gasteiger partial charge in [0.05, 0.1) is 0 Å². The summed E-state index contributed by atoms with van der Waals surface area (Å²) in [6.07, 6.45) is 1.90. The topological polar surface area (TPSA) is 28.2 Å². The molecule has 0 amide bonds. The number of fused-ring (bicyclic) bond motifs is 1. The number of hydrogen-bond acceptors (Lipinski definition) is 3. The molecule has 0 unspecified atom stereocenters. The molecule has 0 aliphatic carbocycles. The van der Waals surface area contributed by atoms with Crippen molar-refractivity contribution in [3.8, 4) is 0 Å². The van der Waals surface area contributed by atoms with Gasteiger partial charge in [-0.3, -0.25) is 0 Å². The summed E-state index contributed by atoms with van der Waals surface area (Å²) in [5.74, 6) is 2.87. The zero-order valence-corrected chi connectivity index (χ0v) is 9.11. The van der Waals surface area contributed by atoms with E-state index in [1.54, 1.807) is 0 Å². The van der Waals surface area contributed by atoms with Gasteiger partial charge in [0.1, 0.15) is 5.82 Å². The number of nitrogens with one attached hydrogen (secondary N) is 1. The molecule has 0 radical (unpaired) electrons. The largest absolute Gasteiger partial charge is 0.356 e. The molecule has 2 atom stereocenters. The van der Waals surface area contributed by atoms with E-state index in [0.717, 1.165) is 11.8 Å². The Labute approximate surface area is 90.5 Å². The third-order valence-electron chi connectivity index (χ3n) is 3.67. The molecule has 0 spiro atoms. The third-order valence-corrected chi connectivity index (χ3v) is 3.67. The van der Waals surface area contributed by atoms with E-state index in [4.69, 9.17) is 0 Å². The highest BCUT2D eigenvalue weighted by molar-refractivity contribution is 5.47. The lowest BCUT2D eigenvalue weighted by molar-refractivity contribution is 0.533. The minimum atomic E-state index is 0.839. The van der Waals surface area contributed by atoms with Crippen molar-refractivity contribution in [2.75, 3.05) is 31.1 Å². The first-order chi connectivity index (χ1) is 7.34. The molecule has 0 aromatic carbocycles. The summed E-state index contributed by atoms with van der Waals surface area (Å²) < 4.78 is 0. The van der Waals surface area contributed by atoms with Crippen LogP contribution in [0.5, 0.6) is 0 Å². The molecule has 2 aliphatic heterocycles. The second-order valence-corrected chi connectivity index (χ2v) is 4.73. The van der Waals surface area contributed by atoms with Crippen molar-refractivity contribution in [2.45, 2.75) is 6.92 Å². The Bertz CT molecular complexity index is 352. The number of anilines is 1. The van der Waals surface area contributed by atoms with Crippen LogP contribution in [0.1, 0.15) is 5.56 Å². The number of pyridine rings is 1. The molecule has 80 valence electrons. The second kappa shape index (κ2) is 3.49. The van der Waals surface area contributed by atoms with Crippen LogP contribution in [-0.2, 0) is 0 Å². The normalized spacial score (nSPS) is 29.5. The number of hydrogen-bond donors (Lipinski definition) is 1. The summed E-state index contributed by atoms with van der Waals surface area (Å²) in [5, 5.41) is 3.46. The van der Waals surface area contributed by atoms with E-state index < -0.39 is 0 Å². The summed E-state index contributed by atoms with van der Waals surface area (Å²) in [4.78, 5) is 6.94. The van der Waals surface area contributed by atoms with Gasteiger partial charge in [-0.05, 0) is 30.4 Å². The molecular formula is C12H17N3. The van der Waals surface area contributed by atoms with Gasteiger partial charge in [-0.15, -0.1) is 0 Å². The van der Waals surface area contributed by atoms with E-state index in [1.165, 1.54) is 37.6 Å². The summed E-state index contributed by atoms with van der Waals surface area (Å²) in [7, 11) is 0. The summed E-state index contributed by atoms with van der Waals surface area (Å²) in [6, 6.07) is 4.16. The predicted octanol–water partition coefficient (Wildman–Crippen LogP) is 1.05. The van der Waals surface area contributed by atoms with E-state index in [9.17, 15) is 0 Å². The van der Waals surface area contributed by atoms with Gasteiger partial charge < -0.3 is 10.2 Å². The Balaban J connectivity index is 1.82.